The zero-order valence-corrected chi connectivity index (χ0v) is 22.4. The van der Waals surface area contributed by atoms with Gasteiger partial charge in [0.15, 0.2) is 0 Å². The van der Waals surface area contributed by atoms with E-state index >= 15 is 0 Å². The fraction of sp³-hybridized carbons (Fsp3) is 0.273. The molecule has 0 spiro atoms. The van der Waals surface area contributed by atoms with E-state index in [-0.39, 0.29) is 11.9 Å². The second kappa shape index (κ2) is 11.5. The van der Waals surface area contributed by atoms with Gasteiger partial charge >= 0.3 is 0 Å². The lowest BCUT2D eigenvalue weighted by molar-refractivity contribution is 0.615. The van der Waals surface area contributed by atoms with Crippen molar-refractivity contribution in [2.45, 2.75) is 59.4 Å². The first-order chi connectivity index (χ1) is 17.7. The van der Waals surface area contributed by atoms with Crippen molar-refractivity contribution in [3.63, 3.8) is 0 Å². The highest BCUT2D eigenvalue weighted by Crippen LogP contribution is 2.27. The molecule has 0 saturated heterocycles. The third-order valence-corrected chi connectivity index (χ3v) is 6.63. The zero-order valence-electron chi connectivity index (χ0n) is 22.4. The van der Waals surface area contributed by atoms with E-state index in [0.29, 0.717) is 0 Å². The number of aromatic nitrogens is 2. The molecule has 1 heterocycles. The summed E-state index contributed by atoms with van der Waals surface area (Å²) in [5.74, 6) is -0.226. The molecule has 0 saturated carbocycles. The van der Waals surface area contributed by atoms with Crippen LogP contribution in [0.2, 0.25) is 0 Å². The third-order valence-electron chi connectivity index (χ3n) is 6.63. The summed E-state index contributed by atoms with van der Waals surface area (Å²) in [5.41, 5.74) is 10.7. The first kappa shape index (κ1) is 26.3. The first-order valence-corrected chi connectivity index (χ1v) is 12.9. The summed E-state index contributed by atoms with van der Waals surface area (Å²) >= 11 is 0. The second-order valence-electron chi connectivity index (χ2n) is 10.2. The van der Waals surface area contributed by atoms with Gasteiger partial charge in [-0.1, -0.05) is 54.1 Å². The highest BCUT2D eigenvalue weighted by Gasteiger charge is 2.14. The molecule has 3 nitrogen and oxygen atoms in total. The minimum atomic E-state index is -0.226. The van der Waals surface area contributed by atoms with Gasteiger partial charge in [0.05, 0.1) is 22.4 Å². The van der Waals surface area contributed by atoms with Gasteiger partial charge in [0, 0.05) is 17.3 Å². The monoisotopic (exact) mass is 493 g/mol. The average Bonchev–Trinajstić information content (AvgIpc) is 2.85. The van der Waals surface area contributed by atoms with Crippen molar-refractivity contribution in [1.82, 2.24) is 15.3 Å². The molecule has 3 aromatic carbocycles. The number of fused-ring (bicyclic) bond motifs is 1. The molecule has 190 valence electrons. The fourth-order valence-electron chi connectivity index (χ4n) is 4.56. The summed E-state index contributed by atoms with van der Waals surface area (Å²) in [5, 5.41) is 3.42. The summed E-state index contributed by atoms with van der Waals surface area (Å²) in [6.07, 6.45) is 4.00. The maximum atomic E-state index is 13.9. The molecular weight excluding hydrogens is 457 g/mol. The van der Waals surface area contributed by atoms with Crippen LogP contribution in [-0.4, -0.2) is 9.97 Å². The van der Waals surface area contributed by atoms with Crippen LogP contribution in [0.1, 0.15) is 67.1 Å². The Kier molecular flexibility index (Phi) is 8.17. The predicted molar refractivity (Wildman–Crippen MR) is 154 cm³/mol. The van der Waals surface area contributed by atoms with Gasteiger partial charge in [0.2, 0.25) is 0 Å². The van der Waals surface area contributed by atoms with Crippen LogP contribution in [0.3, 0.4) is 0 Å². The van der Waals surface area contributed by atoms with E-state index in [1.165, 1.54) is 17.2 Å². The van der Waals surface area contributed by atoms with E-state index in [4.69, 9.17) is 9.97 Å². The molecule has 0 aliphatic heterocycles. The molecule has 0 aliphatic rings. The molecule has 0 bridgehead atoms. The van der Waals surface area contributed by atoms with Crippen LogP contribution in [-0.2, 0) is 6.42 Å². The molecule has 0 amide bonds. The van der Waals surface area contributed by atoms with Crippen molar-refractivity contribution in [3.05, 3.63) is 113 Å². The molecule has 0 aliphatic carbocycles. The fourth-order valence-corrected chi connectivity index (χ4v) is 4.56. The van der Waals surface area contributed by atoms with Crippen LogP contribution in [0, 0.1) is 19.7 Å². The SMILES string of the molecule is C=C(C)CCCCc1nc2cc(C(=C)NC(C)c3cc(C)cc(F)c3)ccc2nc1-c1ccc(C)cc1. The number of rotatable bonds is 10. The molecule has 4 aromatic rings. The Hall–Kier alpha value is -3.79. The number of halogens is 1. The van der Waals surface area contributed by atoms with E-state index < -0.39 is 0 Å². The van der Waals surface area contributed by atoms with Gasteiger partial charge in [-0.15, -0.1) is 6.58 Å². The van der Waals surface area contributed by atoms with Crippen molar-refractivity contribution < 1.29 is 4.39 Å². The summed E-state index contributed by atoms with van der Waals surface area (Å²) < 4.78 is 13.9. The highest BCUT2D eigenvalue weighted by atomic mass is 19.1. The summed E-state index contributed by atoms with van der Waals surface area (Å²) in [6.45, 7) is 16.4. The van der Waals surface area contributed by atoms with E-state index in [0.717, 1.165) is 76.1 Å². The number of hydrogen-bond donors (Lipinski definition) is 1. The lowest BCUT2D eigenvalue weighted by Gasteiger charge is -2.19. The van der Waals surface area contributed by atoms with Gasteiger partial charge in [0.25, 0.3) is 0 Å². The van der Waals surface area contributed by atoms with Crippen molar-refractivity contribution in [2.75, 3.05) is 0 Å². The van der Waals surface area contributed by atoms with Gasteiger partial charge in [-0.3, -0.25) is 0 Å². The Labute approximate surface area is 220 Å². The smallest absolute Gasteiger partial charge is 0.123 e. The molecule has 4 rings (SSSR count). The molecule has 0 fully saturated rings. The van der Waals surface area contributed by atoms with Crippen molar-refractivity contribution >= 4 is 16.7 Å². The Balaban J connectivity index is 1.63. The largest absolute Gasteiger partial charge is 0.379 e. The number of aryl methyl sites for hydroxylation is 3. The normalized spacial score (nSPS) is 11.9. The van der Waals surface area contributed by atoms with Crippen molar-refractivity contribution in [2.24, 2.45) is 0 Å². The standard InChI is InChI=1S/C33H36FN3/c1-21(2)9-7-8-10-31-33(26-13-11-22(3)12-14-26)37-30-16-15-27(20-32(30)36-31)24(5)35-25(6)28-17-23(4)18-29(34)19-28/h11-20,25,35H,1,5,7-10H2,2-4,6H3. The van der Waals surface area contributed by atoms with E-state index in [9.17, 15) is 4.39 Å². The molecule has 1 N–H and O–H groups in total. The summed E-state index contributed by atoms with van der Waals surface area (Å²) in [4.78, 5) is 10.1. The number of allylic oxidation sites excluding steroid dienone is 1. The Morgan fingerprint density at radius 1 is 0.892 bits per heavy atom. The minimum absolute atomic E-state index is 0.0866. The molecule has 1 aromatic heterocycles. The van der Waals surface area contributed by atoms with Crippen LogP contribution in [0.25, 0.3) is 28.0 Å². The maximum Gasteiger partial charge on any atom is 0.123 e. The lowest BCUT2D eigenvalue weighted by Crippen LogP contribution is -2.17. The van der Waals surface area contributed by atoms with Gasteiger partial charge in [0.1, 0.15) is 5.82 Å². The molecule has 0 radical (unpaired) electrons. The third kappa shape index (κ3) is 6.71. The van der Waals surface area contributed by atoms with Crippen molar-refractivity contribution in [3.8, 4) is 11.3 Å². The van der Waals surface area contributed by atoms with Gasteiger partial charge < -0.3 is 5.32 Å². The summed E-state index contributed by atoms with van der Waals surface area (Å²) in [6, 6.07) is 19.5. The molecule has 1 atom stereocenters. The average molecular weight is 494 g/mol. The Bertz CT molecular complexity index is 1420. The maximum absolute atomic E-state index is 13.9. The van der Waals surface area contributed by atoms with Gasteiger partial charge in [-0.05, 0) is 94.3 Å². The number of nitrogens with zero attached hydrogens (tertiary/aromatic N) is 2. The number of nitrogens with one attached hydrogen (secondary N) is 1. The van der Waals surface area contributed by atoms with Crippen LogP contribution in [0.4, 0.5) is 4.39 Å². The van der Waals surface area contributed by atoms with Crippen LogP contribution < -0.4 is 5.32 Å². The minimum Gasteiger partial charge on any atom is -0.379 e. The second-order valence-corrected chi connectivity index (χ2v) is 10.2. The van der Waals surface area contributed by atoms with Gasteiger partial charge in [-0.2, -0.15) is 0 Å². The van der Waals surface area contributed by atoms with E-state index in [1.54, 1.807) is 6.07 Å². The van der Waals surface area contributed by atoms with Crippen molar-refractivity contribution in [1.29, 1.82) is 0 Å². The van der Waals surface area contributed by atoms with Gasteiger partial charge in [-0.25, -0.2) is 14.4 Å². The predicted octanol–water partition coefficient (Wildman–Crippen LogP) is 8.66. The van der Waals surface area contributed by atoms with Crippen LogP contribution in [0.5, 0.6) is 0 Å². The number of unbranched alkanes of at least 4 members (excludes halogenated alkanes) is 1. The number of hydrogen-bond acceptors (Lipinski definition) is 3. The molecule has 37 heavy (non-hydrogen) atoms. The Morgan fingerprint density at radius 3 is 2.35 bits per heavy atom. The Morgan fingerprint density at radius 2 is 1.65 bits per heavy atom. The zero-order chi connectivity index (χ0) is 26.5. The van der Waals surface area contributed by atoms with Crippen LogP contribution in [0.15, 0.2) is 79.4 Å². The van der Waals surface area contributed by atoms with Crippen LogP contribution >= 0.6 is 0 Å². The first-order valence-electron chi connectivity index (χ1n) is 12.9. The highest BCUT2D eigenvalue weighted by molar-refractivity contribution is 5.82. The quantitative estimate of drug-likeness (QED) is 0.177. The van der Waals surface area contributed by atoms with E-state index in [1.807, 2.05) is 38.1 Å². The lowest BCUT2D eigenvalue weighted by atomic mass is 10.0. The number of benzene rings is 3. The van der Waals surface area contributed by atoms with E-state index in [2.05, 4.69) is 56.6 Å². The molecule has 4 heteroatoms. The molecule has 1 unspecified atom stereocenters. The topological polar surface area (TPSA) is 37.8 Å². The molecular formula is C33H36FN3. The summed E-state index contributed by atoms with van der Waals surface area (Å²) in [7, 11) is 0.